The third-order valence-corrected chi connectivity index (χ3v) is 4.14. The van der Waals surface area contributed by atoms with Gasteiger partial charge in [-0.3, -0.25) is 5.10 Å². The zero-order valence-corrected chi connectivity index (χ0v) is 15.3. The molecule has 0 aliphatic carbocycles. The molecule has 0 radical (unpaired) electrons. The highest BCUT2D eigenvalue weighted by Crippen LogP contribution is 2.36. The number of amides is 2. The largest absolute Gasteiger partial charge is 0.417 e. The molecule has 28 heavy (non-hydrogen) atoms. The number of hydrogen-bond donors (Lipinski definition) is 3. The van der Waals surface area contributed by atoms with Gasteiger partial charge in [0.25, 0.3) is 0 Å². The number of aromatic nitrogens is 3. The summed E-state index contributed by atoms with van der Waals surface area (Å²) >= 11 is 5.60. The Morgan fingerprint density at radius 1 is 1.18 bits per heavy atom. The van der Waals surface area contributed by atoms with Crippen LogP contribution in [0.5, 0.6) is 0 Å². The molecule has 3 aromatic rings. The van der Waals surface area contributed by atoms with Gasteiger partial charge in [-0.05, 0) is 30.7 Å². The number of nitrogens with zero attached hydrogens (tertiary/aromatic N) is 2. The van der Waals surface area contributed by atoms with Crippen molar-refractivity contribution in [3.05, 3.63) is 76.3 Å². The fraction of sp³-hybridized carbons (Fsp3) is 0.167. The fourth-order valence-electron chi connectivity index (χ4n) is 2.55. The molecule has 0 fully saturated rings. The van der Waals surface area contributed by atoms with Crippen LogP contribution in [0.15, 0.2) is 48.5 Å². The SMILES string of the molecule is Cc1nc(C(NC(=O)Nc2ccc(Cl)c(C(F)(F)F)c2)c2ccccc2)n[nH]1. The summed E-state index contributed by atoms with van der Waals surface area (Å²) < 4.78 is 39.0. The molecule has 0 aliphatic rings. The van der Waals surface area contributed by atoms with Crippen LogP contribution in [-0.4, -0.2) is 21.2 Å². The minimum Gasteiger partial charge on any atom is -0.324 e. The maximum atomic E-state index is 13.0. The van der Waals surface area contributed by atoms with E-state index in [2.05, 4.69) is 25.8 Å². The summed E-state index contributed by atoms with van der Waals surface area (Å²) in [6, 6.07) is 10.7. The van der Waals surface area contributed by atoms with Crippen molar-refractivity contribution in [2.24, 2.45) is 0 Å². The molecule has 0 spiro atoms. The highest BCUT2D eigenvalue weighted by atomic mass is 35.5. The van der Waals surface area contributed by atoms with Crippen molar-refractivity contribution in [3.63, 3.8) is 0 Å². The molecule has 2 amide bonds. The van der Waals surface area contributed by atoms with Gasteiger partial charge in [-0.2, -0.15) is 18.3 Å². The second-order valence-electron chi connectivity index (χ2n) is 5.91. The lowest BCUT2D eigenvalue weighted by Gasteiger charge is -2.17. The smallest absolute Gasteiger partial charge is 0.324 e. The Morgan fingerprint density at radius 2 is 1.89 bits per heavy atom. The van der Waals surface area contributed by atoms with Crippen LogP contribution in [0, 0.1) is 6.92 Å². The molecule has 1 unspecified atom stereocenters. The number of rotatable bonds is 4. The monoisotopic (exact) mass is 409 g/mol. The number of nitrogens with one attached hydrogen (secondary N) is 3. The molecule has 3 rings (SSSR count). The normalized spacial score (nSPS) is 12.5. The second-order valence-corrected chi connectivity index (χ2v) is 6.32. The Balaban J connectivity index is 1.82. The number of anilines is 1. The summed E-state index contributed by atoms with van der Waals surface area (Å²) in [5, 5.41) is 11.4. The standard InChI is InChI=1S/C18H15ClF3N5O/c1-10-23-16(27-26-10)15(11-5-3-2-4-6-11)25-17(28)24-12-7-8-14(19)13(9-12)18(20,21)22/h2-9,15H,1H3,(H,23,26,27)(H2,24,25,28). The van der Waals surface area contributed by atoms with Crippen LogP contribution in [0.25, 0.3) is 0 Å². The van der Waals surface area contributed by atoms with Gasteiger partial charge in [-0.1, -0.05) is 41.9 Å². The lowest BCUT2D eigenvalue weighted by molar-refractivity contribution is -0.137. The Morgan fingerprint density at radius 3 is 2.50 bits per heavy atom. The molecule has 0 saturated carbocycles. The predicted octanol–water partition coefficient (Wildman–Crippen LogP) is 4.70. The van der Waals surface area contributed by atoms with Crippen LogP contribution >= 0.6 is 11.6 Å². The third kappa shape index (κ3) is 4.61. The van der Waals surface area contributed by atoms with Crippen molar-refractivity contribution < 1.29 is 18.0 Å². The summed E-state index contributed by atoms with van der Waals surface area (Å²) in [5.74, 6) is 0.886. The number of halogens is 4. The van der Waals surface area contributed by atoms with E-state index in [9.17, 15) is 18.0 Å². The molecule has 0 saturated heterocycles. The predicted molar refractivity (Wildman–Crippen MR) is 98.0 cm³/mol. The van der Waals surface area contributed by atoms with E-state index in [4.69, 9.17) is 11.6 Å². The minimum absolute atomic E-state index is 0.0489. The molecule has 3 N–H and O–H groups in total. The third-order valence-electron chi connectivity index (χ3n) is 3.81. The zero-order chi connectivity index (χ0) is 20.3. The molecule has 146 valence electrons. The molecule has 6 nitrogen and oxygen atoms in total. The van der Waals surface area contributed by atoms with Crippen LogP contribution in [0.4, 0.5) is 23.7 Å². The average molecular weight is 410 g/mol. The molecule has 1 heterocycles. The van der Waals surface area contributed by atoms with Crippen molar-refractivity contribution in [1.29, 1.82) is 0 Å². The molecule has 10 heteroatoms. The number of alkyl halides is 3. The van der Waals surface area contributed by atoms with E-state index in [0.717, 1.165) is 12.1 Å². The summed E-state index contributed by atoms with van der Waals surface area (Å²) in [6.45, 7) is 1.71. The molecule has 0 aliphatic heterocycles. The molecule has 2 aromatic carbocycles. The number of H-pyrrole nitrogens is 1. The van der Waals surface area contributed by atoms with Gasteiger partial charge in [-0.25, -0.2) is 9.78 Å². The van der Waals surface area contributed by atoms with Crippen molar-refractivity contribution in [1.82, 2.24) is 20.5 Å². The van der Waals surface area contributed by atoms with Crippen LogP contribution in [0.3, 0.4) is 0 Å². The van der Waals surface area contributed by atoms with Crippen molar-refractivity contribution in [2.75, 3.05) is 5.32 Å². The summed E-state index contributed by atoms with van der Waals surface area (Å²) in [5.41, 5.74) is -0.368. The van der Waals surface area contributed by atoms with Gasteiger partial charge in [0.2, 0.25) is 0 Å². The molecule has 1 aromatic heterocycles. The summed E-state index contributed by atoms with van der Waals surface area (Å²) in [7, 11) is 0. The van der Waals surface area contributed by atoms with Gasteiger partial charge in [0.15, 0.2) is 5.82 Å². The lowest BCUT2D eigenvalue weighted by Crippen LogP contribution is -2.34. The molecular formula is C18H15ClF3N5O. The Hall–Kier alpha value is -3.07. The van der Waals surface area contributed by atoms with Crippen LogP contribution in [-0.2, 0) is 6.18 Å². The molecular weight excluding hydrogens is 395 g/mol. The second kappa shape index (κ2) is 7.89. The first kappa shape index (κ1) is 19.7. The first-order valence-corrected chi connectivity index (χ1v) is 8.50. The number of hydrogen-bond acceptors (Lipinski definition) is 3. The summed E-state index contributed by atoms with van der Waals surface area (Å²) in [6.07, 6.45) is -4.63. The van der Waals surface area contributed by atoms with Crippen molar-refractivity contribution in [3.8, 4) is 0 Å². The Bertz CT molecular complexity index is 975. The highest BCUT2D eigenvalue weighted by molar-refractivity contribution is 6.31. The van der Waals surface area contributed by atoms with E-state index < -0.39 is 28.8 Å². The highest BCUT2D eigenvalue weighted by Gasteiger charge is 2.33. The van der Waals surface area contributed by atoms with E-state index in [0.29, 0.717) is 17.2 Å². The Kier molecular flexibility index (Phi) is 5.55. The Labute approximate surface area is 163 Å². The zero-order valence-electron chi connectivity index (χ0n) is 14.5. The van der Waals surface area contributed by atoms with E-state index in [1.165, 1.54) is 6.07 Å². The quantitative estimate of drug-likeness (QED) is 0.584. The van der Waals surface area contributed by atoms with Gasteiger partial charge >= 0.3 is 12.2 Å². The van der Waals surface area contributed by atoms with Gasteiger partial charge in [0.1, 0.15) is 11.9 Å². The van der Waals surface area contributed by atoms with E-state index >= 15 is 0 Å². The van der Waals surface area contributed by atoms with Gasteiger partial charge < -0.3 is 10.6 Å². The lowest BCUT2D eigenvalue weighted by atomic mass is 10.1. The van der Waals surface area contributed by atoms with Crippen molar-refractivity contribution in [2.45, 2.75) is 19.1 Å². The number of aromatic amines is 1. The van der Waals surface area contributed by atoms with Crippen molar-refractivity contribution >= 4 is 23.3 Å². The number of carbonyl (C=O) groups is 1. The van der Waals surface area contributed by atoms with Crippen LogP contribution in [0.2, 0.25) is 5.02 Å². The van der Waals surface area contributed by atoms with E-state index in [1.54, 1.807) is 31.2 Å². The topological polar surface area (TPSA) is 82.7 Å². The van der Waals surface area contributed by atoms with E-state index in [1.807, 2.05) is 6.07 Å². The van der Waals surface area contributed by atoms with Gasteiger partial charge in [0, 0.05) is 5.69 Å². The van der Waals surface area contributed by atoms with Gasteiger partial charge in [-0.15, -0.1) is 0 Å². The minimum atomic E-state index is -4.63. The molecule has 0 bridgehead atoms. The summed E-state index contributed by atoms with van der Waals surface area (Å²) in [4.78, 5) is 16.7. The fourth-order valence-corrected chi connectivity index (χ4v) is 2.77. The maximum absolute atomic E-state index is 13.0. The maximum Gasteiger partial charge on any atom is 0.417 e. The number of aryl methyl sites for hydroxylation is 1. The molecule has 1 atom stereocenters. The number of carbonyl (C=O) groups excluding carboxylic acids is 1. The average Bonchev–Trinajstić information content (AvgIpc) is 3.07. The number of benzene rings is 2. The van der Waals surface area contributed by atoms with Crippen LogP contribution < -0.4 is 10.6 Å². The van der Waals surface area contributed by atoms with Gasteiger partial charge in [0.05, 0.1) is 10.6 Å². The number of urea groups is 1. The van der Waals surface area contributed by atoms with Crippen LogP contribution in [0.1, 0.15) is 28.8 Å². The first-order valence-electron chi connectivity index (χ1n) is 8.12. The first-order chi connectivity index (χ1) is 13.2. The van der Waals surface area contributed by atoms with E-state index in [-0.39, 0.29) is 5.69 Å².